The van der Waals surface area contributed by atoms with Gasteiger partial charge in [-0.1, -0.05) is 18.2 Å². The van der Waals surface area contributed by atoms with Crippen LogP contribution >= 0.6 is 0 Å². The van der Waals surface area contributed by atoms with Crippen molar-refractivity contribution >= 4 is 28.3 Å². The van der Waals surface area contributed by atoms with Gasteiger partial charge in [-0.2, -0.15) is 0 Å². The quantitative estimate of drug-likeness (QED) is 0.421. The molecule has 0 fully saturated rings. The Kier molecular flexibility index (Phi) is 5.22. The Morgan fingerprint density at radius 1 is 0.939 bits per heavy atom. The number of carbonyl (C=O) groups excluding carboxylic acids is 2. The maximum Gasteiger partial charge on any atom is 0.262 e. The first-order valence-corrected chi connectivity index (χ1v) is 10.4. The molecule has 4 aromatic rings. The molecule has 1 aliphatic heterocycles. The van der Waals surface area contributed by atoms with Crippen LogP contribution in [0.15, 0.2) is 65.1 Å². The molecule has 5 rings (SSSR count). The molecule has 0 saturated heterocycles. The van der Waals surface area contributed by atoms with Crippen LogP contribution in [0.25, 0.3) is 11.0 Å². The molecule has 0 spiro atoms. The Morgan fingerprint density at radius 2 is 1.70 bits per heavy atom. The molecule has 33 heavy (non-hydrogen) atoms. The number of hydrogen-bond acceptors (Lipinski definition) is 6. The van der Waals surface area contributed by atoms with E-state index in [9.17, 15) is 9.59 Å². The number of para-hydroxylation sites is 1. The zero-order valence-corrected chi connectivity index (χ0v) is 18.1. The number of ketones is 1. The van der Waals surface area contributed by atoms with Crippen molar-refractivity contribution in [1.29, 1.82) is 0 Å². The number of benzene rings is 3. The molecule has 0 radical (unpaired) electrons. The summed E-state index contributed by atoms with van der Waals surface area (Å²) in [6.07, 6.45) is 0. The van der Waals surface area contributed by atoms with E-state index >= 15 is 0 Å². The lowest BCUT2D eigenvalue weighted by Gasteiger charge is -2.09. The van der Waals surface area contributed by atoms with E-state index in [2.05, 4.69) is 5.32 Å². The smallest absolute Gasteiger partial charge is 0.262 e. The highest BCUT2D eigenvalue weighted by Gasteiger charge is 2.25. The van der Waals surface area contributed by atoms with E-state index in [4.69, 9.17) is 18.6 Å². The summed E-state index contributed by atoms with van der Waals surface area (Å²) in [6.45, 7) is 3.83. The molecule has 1 N–H and O–H groups in total. The number of fused-ring (bicyclic) bond motifs is 2. The van der Waals surface area contributed by atoms with Crippen LogP contribution in [0.5, 0.6) is 17.2 Å². The van der Waals surface area contributed by atoms with Gasteiger partial charge in [0, 0.05) is 10.9 Å². The van der Waals surface area contributed by atoms with Crippen molar-refractivity contribution in [2.75, 3.05) is 18.7 Å². The number of nitrogens with one attached hydrogen (secondary N) is 1. The van der Waals surface area contributed by atoms with Crippen LogP contribution in [0.2, 0.25) is 0 Å². The fourth-order valence-corrected chi connectivity index (χ4v) is 3.84. The third kappa shape index (κ3) is 4.13. The van der Waals surface area contributed by atoms with Gasteiger partial charge in [-0.05, 0) is 67.4 Å². The molecule has 0 saturated carbocycles. The molecular weight excluding hydrogens is 422 g/mol. The first-order chi connectivity index (χ1) is 16.0. The molecule has 7 nitrogen and oxygen atoms in total. The number of anilines is 1. The molecular formula is C26H21NO6. The van der Waals surface area contributed by atoms with Crippen molar-refractivity contribution < 1.29 is 28.2 Å². The van der Waals surface area contributed by atoms with Gasteiger partial charge in [-0.3, -0.25) is 9.59 Å². The van der Waals surface area contributed by atoms with E-state index in [-0.39, 0.29) is 24.9 Å². The van der Waals surface area contributed by atoms with Crippen LogP contribution < -0.4 is 19.5 Å². The Hall–Kier alpha value is -4.26. The molecule has 0 bridgehead atoms. The van der Waals surface area contributed by atoms with Crippen molar-refractivity contribution in [2.45, 2.75) is 13.8 Å². The van der Waals surface area contributed by atoms with Gasteiger partial charge in [-0.15, -0.1) is 0 Å². The highest BCUT2D eigenvalue weighted by Crippen LogP contribution is 2.36. The van der Waals surface area contributed by atoms with E-state index in [1.54, 1.807) is 36.4 Å². The van der Waals surface area contributed by atoms with Crippen molar-refractivity contribution in [2.24, 2.45) is 0 Å². The molecule has 0 aliphatic carbocycles. The van der Waals surface area contributed by atoms with Crippen molar-refractivity contribution in [3.63, 3.8) is 0 Å². The van der Waals surface area contributed by atoms with Gasteiger partial charge in [0.15, 0.2) is 23.9 Å². The van der Waals surface area contributed by atoms with Crippen LogP contribution in [-0.2, 0) is 4.79 Å². The minimum Gasteiger partial charge on any atom is -0.484 e. The Bertz CT molecular complexity index is 1370. The second-order valence-corrected chi connectivity index (χ2v) is 7.86. The second-order valence-electron chi connectivity index (χ2n) is 7.86. The number of furan rings is 1. The largest absolute Gasteiger partial charge is 0.484 e. The normalized spacial score (nSPS) is 12.1. The number of amides is 1. The van der Waals surface area contributed by atoms with Crippen LogP contribution in [0.3, 0.4) is 0 Å². The summed E-state index contributed by atoms with van der Waals surface area (Å²) in [5, 5.41) is 3.43. The molecule has 1 amide bonds. The molecule has 7 heteroatoms. The van der Waals surface area contributed by atoms with Gasteiger partial charge in [0.25, 0.3) is 5.91 Å². The lowest BCUT2D eigenvalue weighted by Crippen LogP contribution is -2.21. The predicted molar refractivity (Wildman–Crippen MR) is 122 cm³/mol. The number of rotatable bonds is 6. The van der Waals surface area contributed by atoms with E-state index in [0.29, 0.717) is 39.5 Å². The molecule has 166 valence electrons. The lowest BCUT2D eigenvalue weighted by atomic mass is 10.1. The fourth-order valence-electron chi connectivity index (χ4n) is 3.84. The zero-order valence-electron chi connectivity index (χ0n) is 18.1. The van der Waals surface area contributed by atoms with Gasteiger partial charge in [0.2, 0.25) is 12.6 Å². The highest BCUT2D eigenvalue weighted by atomic mass is 16.7. The van der Waals surface area contributed by atoms with Crippen LogP contribution in [0, 0.1) is 13.8 Å². The lowest BCUT2D eigenvalue weighted by molar-refractivity contribution is -0.118. The number of aryl methyl sites for hydroxylation is 2. The van der Waals surface area contributed by atoms with Gasteiger partial charge >= 0.3 is 0 Å². The van der Waals surface area contributed by atoms with Crippen LogP contribution in [0.4, 0.5) is 5.69 Å². The molecule has 2 heterocycles. The summed E-state index contributed by atoms with van der Waals surface area (Å²) < 4.78 is 22.2. The molecule has 0 atom stereocenters. The van der Waals surface area contributed by atoms with Crippen LogP contribution in [0.1, 0.15) is 27.2 Å². The van der Waals surface area contributed by atoms with Crippen molar-refractivity contribution in [3.05, 3.63) is 83.1 Å². The first-order valence-electron chi connectivity index (χ1n) is 10.4. The summed E-state index contributed by atoms with van der Waals surface area (Å²) in [4.78, 5) is 26.0. The minimum atomic E-state index is -0.402. The summed E-state index contributed by atoms with van der Waals surface area (Å²) in [5.74, 6) is 0.930. The average Bonchev–Trinajstić information content (AvgIpc) is 3.41. The van der Waals surface area contributed by atoms with E-state index in [1.165, 1.54) is 0 Å². The zero-order chi connectivity index (χ0) is 22.9. The minimum absolute atomic E-state index is 0.0369. The number of ether oxygens (including phenoxy) is 3. The summed E-state index contributed by atoms with van der Waals surface area (Å²) in [5.41, 5.74) is 3.25. The summed E-state index contributed by atoms with van der Waals surface area (Å²) in [7, 11) is 0. The molecule has 0 unspecified atom stereocenters. The molecule has 1 aliphatic rings. The van der Waals surface area contributed by atoms with Gasteiger partial charge in [-0.25, -0.2) is 0 Å². The standard InChI is InChI=1S/C26H21NO6/c1-15-9-16(2)11-18(10-15)30-13-23(28)27-24-19-5-3-4-6-20(19)33-26(24)25(29)17-7-8-21-22(12-17)32-14-31-21/h3-12H,13-14H2,1-2H3,(H,27,28). The van der Waals surface area contributed by atoms with E-state index in [0.717, 1.165) is 11.1 Å². The summed E-state index contributed by atoms with van der Waals surface area (Å²) in [6, 6.07) is 17.8. The third-order valence-electron chi connectivity index (χ3n) is 5.27. The SMILES string of the molecule is Cc1cc(C)cc(OCC(=O)Nc2c(C(=O)c3ccc4c(c3)OCO4)oc3ccccc23)c1. The van der Waals surface area contributed by atoms with Gasteiger partial charge in [0.1, 0.15) is 11.3 Å². The maximum atomic E-state index is 13.3. The molecule has 1 aromatic heterocycles. The third-order valence-corrected chi connectivity index (χ3v) is 5.27. The monoisotopic (exact) mass is 443 g/mol. The Morgan fingerprint density at radius 3 is 2.52 bits per heavy atom. The maximum absolute atomic E-state index is 13.3. The molecule has 3 aromatic carbocycles. The number of carbonyl (C=O) groups is 2. The van der Waals surface area contributed by atoms with Gasteiger partial charge < -0.3 is 23.9 Å². The summed E-state index contributed by atoms with van der Waals surface area (Å²) >= 11 is 0. The van der Waals surface area contributed by atoms with Crippen molar-refractivity contribution in [3.8, 4) is 17.2 Å². The fraction of sp³-hybridized carbons (Fsp3) is 0.154. The highest BCUT2D eigenvalue weighted by molar-refractivity contribution is 6.17. The second kappa shape index (κ2) is 8.35. The Labute approximate surface area is 189 Å². The van der Waals surface area contributed by atoms with Gasteiger partial charge in [0.05, 0.1) is 5.69 Å². The predicted octanol–water partition coefficient (Wildman–Crippen LogP) is 5.03. The topological polar surface area (TPSA) is 87.0 Å². The Balaban J connectivity index is 1.42. The van der Waals surface area contributed by atoms with E-state index < -0.39 is 5.91 Å². The average molecular weight is 443 g/mol. The number of hydrogen-bond donors (Lipinski definition) is 1. The van der Waals surface area contributed by atoms with Crippen molar-refractivity contribution in [1.82, 2.24) is 0 Å². The van der Waals surface area contributed by atoms with E-state index in [1.807, 2.05) is 38.1 Å². The van der Waals surface area contributed by atoms with Crippen LogP contribution in [-0.4, -0.2) is 25.1 Å². The first kappa shape index (κ1) is 20.6.